The highest BCUT2D eigenvalue weighted by molar-refractivity contribution is 5.75. The predicted octanol–water partition coefficient (Wildman–Crippen LogP) is 3.90. The zero-order valence-corrected chi connectivity index (χ0v) is 13.1. The molecule has 2 N–H and O–H groups in total. The second-order valence-electron chi connectivity index (χ2n) is 6.43. The van der Waals surface area contributed by atoms with Crippen LogP contribution in [0.15, 0.2) is 24.3 Å². The van der Waals surface area contributed by atoms with Gasteiger partial charge in [0.15, 0.2) is 0 Å². The number of nitrogens with zero attached hydrogens (tertiary/aromatic N) is 2. The Balaban J connectivity index is 1.83. The van der Waals surface area contributed by atoms with Gasteiger partial charge in [-0.25, -0.2) is 4.98 Å². The van der Waals surface area contributed by atoms with E-state index in [1.165, 1.54) is 43.4 Å². The molecular weight excluding hydrogens is 258 g/mol. The SMILES string of the molecule is CCCn1c(CC(N)C2CCCCC2)nc2ccccc21. The Morgan fingerprint density at radius 1 is 1.24 bits per heavy atom. The number of aromatic nitrogens is 2. The van der Waals surface area contributed by atoms with Crippen LogP contribution in [0.2, 0.25) is 0 Å². The van der Waals surface area contributed by atoms with E-state index in [1.54, 1.807) is 0 Å². The van der Waals surface area contributed by atoms with Crippen LogP contribution in [-0.2, 0) is 13.0 Å². The molecule has 1 unspecified atom stereocenters. The quantitative estimate of drug-likeness (QED) is 0.905. The summed E-state index contributed by atoms with van der Waals surface area (Å²) in [5.41, 5.74) is 8.88. The van der Waals surface area contributed by atoms with Crippen molar-refractivity contribution in [3.8, 4) is 0 Å². The van der Waals surface area contributed by atoms with Gasteiger partial charge in [-0.05, 0) is 37.3 Å². The van der Waals surface area contributed by atoms with Crippen LogP contribution in [0, 0.1) is 5.92 Å². The number of hydrogen-bond donors (Lipinski definition) is 1. The van der Waals surface area contributed by atoms with Crippen LogP contribution >= 0.6 is 0 Å². The highest BCUT2D eigenvalue weighted by Gasteiger charge is 2.22. The van der Waals surface area contributed by atoms with Crippen molar-refractivity contribution in [1.82, 2.24) is 9.55 Å². The van der Waals surface area contributed by atoms with Crippen LogP contribution < -0.4 is 5.73 Å². The summed E-state index contributed by atoms with van der Waals surface area (Å²) in [6.07, 6.45) is 8.74. The molecule has 1 heterocycles. The van der Waals surface area contributed by atoms with E-state index >= 15 is 0 Å². The second kappa shape index (κ2) is 6.61. The molecule has 0 aliphatic heterocycles. The molecule has 0 bridgehead atoms. The lowest BCUT2D eigenvalue weighted by molar-refractivity contribution is 0.299. The van der Waals surface area contributed by atoms with Crippen LogP contribution in [0.4, 0.5) is 0 Å². The van der Waals surface area contributed by atoms with Crippen LogP contribution in [0.5, 0.6) is 0 Å². The number of fused-ring (bicyclic) bond motifs is 1. The van der Waals surface area contributed by atoms with Gasteiger partial charge in [0.25, 0.3) is 0 Å². The number of hydrogen-bond acceptors (Lipinski definition) is 2. The Morgan fingerprint density at radius 3 is 2.76 bits per heavy atom. The maximum atomic E-state index is 6.51. The van der Waals surface area contributed by atoms with E-state index in [0.29, 0.717) is 5.92 Å². The molecule has 0 saturated heterocycles. The largest absolute Gasteiger partial charge is 0.328 e. The van der Waals surface area contributed by atoms with Gasteiger partial charge in [0.2, 0.25) is 0 Å². The first-order valence-electron chi connectivity index (χ1n) is 8.49. The summed E-state index contributed by atoms with van der Waals surface area (Å²) in [4.78, 5) is 4.85. The predicted molar refractivity (Wildman–Crippen MR) is 88.3 cm³/mol. The zero-order chi connectivity index (χ0) is 14.7. The van der Waals surface area contributed by atoms with Crippen molar-refractivity contribution in [3.05, 3.63) is 30.1 Å². The number of rotatable bonds is 5. The molecule has 0 amide bonds. The Morgan fingerprint density at radius 2 is 2.00 bits per heavy atom. The topological polar surface area (TPSA) is 43.8 Å². The fraction of sp³-hybridized carbons (Fsp3) is 0.611. The van der Waals surface area contributed by atoms with E-state index in [4.69, 9.17) is 10.7 Å². The number of para-hydroxylation sites is 2. The molecular formula is C18H27N3. The van der Waals surface area contributed by atoms with Crippen molar-refractivity contribution >= 4 is 11.0 Å². The molecule has 3 heteroatoms. The van der Waals surface area contributed by atoms with Crippen LogP contribution in [0.1, 0.15) is 51.3 Å². The molecule has 1 aromatic carbocycles. The van der Waals surface area contributed by atoms with Gasteiger partial charge in [0, 0.05) is 19.0 Å². The summed E-state index contributed by atoms with van der Waals surface area (Å²) in [5.74, 6) is 1.87. The first kappa shape index (κ1) is 14.6. The molecule has 0 radical (unpaired) electrons. The Bertz CT molecular complexity index is 581. The van der Waals surface area contributed by atoms with E-state index in [-0.39, 0.29) is 6.04 Å². The number of aryl methyl sites for hydroxylation is 1. The van der Waals surface area contributed by atoms with Crippen LogP contribution in [-0.4, -0.2) is 15.6 Å². The van der Waals surface area contributed by atoms with Crippen molar-refractivity contribution in [1.29, 1.82) is 0 Å². The lowest BCUT2D eigenvalue weighted by Crippen LogP contribution is -2.34. The van der Waals surface area contributed by atoms with Crippen molar-refractivity contribution in [2.75, 3.05) is 0 Å². The fourth-order valence-electron chi connectivity index (χ4n) is 3.69. The van der Waals surface area contributed by atoms with Gasteiger partial charge < -0.3 is 10.3 Å². The molecule has 1 saturated carbocycles. The summed E-state index contributed by atoms with van der Waals surface area (Å²) >= 11 is 0. The van der Waals surface area contributed by atoms with Crippen molar-refractivity contribution in [3.63, 3.8) is 0 Å². The average molecular weight is 285 g/mol. The molecule has 1 aliphatic rings. The molecule has 114 valence electrons. The van der Waals surface area contributed by atoms with Gasteiger partial charge in [-0.1, -0.05) is 38.3 Å². The second-order valence-corrected chi connectivity index (χ2v) is 6.43. The molecule has 3 rings (SSSR count). The first-order chi connectivity index (χ1) is 10.3. The Labute approximate surface area is 127 Å². The van der Waals surface area contributed by atoms with Gasteiger partial charge in [0.05, 0.1) is 11.0 Å². The smallest absolute Gasteiger partial charge is 0.111 e. The maximum absolute atomic E-state index is 6.51. The monoisotopic (exact) mass is 285 g/mol. The minimum atomic E-state index is 0.262. The summed E-state index contributed by atoms with van der Waals surface area (Å²) < 4.78 is 2.37. The Kier molecular flexibility index (Phi) is 4.59. The molecule has 3 nitrogen and oxygen atoms in total. The molecule has 1 aliphatic carbocycles. The van der Waals surface area contributed by atoms with Gasteiger partial charge in [-0.3, -0.25) is 0 Å². The van der Waals surface area contributed by atoms with Gasteiger partial charge in [-0.2, -0.15) is 0 Å². The Hall–Kier alpha value is -1.35. The summed E-state index contributed by atoms with van der Waals surface area (Å²) in [5, 5.41) is 0. The highest BCUT2D eigenvalue weighted by atomic mass is 15.1. The summed E-state index contributed by atoms with van der Waals surface area (Å²) in [7, 11) is 0. The lowest BCUT2D eigenvalue weighted by atomic mass is 9.83. The molecule has 2 aromatic rings. The van der Waals surface area contributed by atoms with Crippen molar-refractivity contribution in [2.24, 2.45) is 11.7 Å². The summed E-state index contributed by atoms with van der Waals surface area (Å²) in [6.45, 7) is 3.26. The number of nitrogens with two attached hydrogens (primary N) is 1. The number of imidazole rings is 1. The van der Waals surface area contributed by atoms with Crippen LogP contribution in [0.25, 0.3) is 11.0 Å². The third kappa shape index (κ3) is 3.13. The lowest BCUT2D eigenvalue weighted by Gasteiger charge is -2.27. The minimum absolute atomic E-state index is 0.262. The van der Waals surface area contributed by atoms with Gasteiger partial charge >= 0.3 is 0 Å². The fourth-order valence-corrected chi connectivity index (χ4v) is 3.69. The molecule has 1 aromatic heterocycles. The normalized spacial score (nSPS) is 18.2. The summed E-state index contributed by atoms with van der Waals surface area (Å²) in [6, 6.07) is 8.71. The van der Waals surface area contributed by atoms with Crippen LogP contribution in [0.3, 0.4) is 0 Å². The number of benzene rings is 1. The molecule has 1 atom stereocenters. The van der Waals surface area contributed by atoms with E-state index in [2.05, 4.69) is 35.8 Å². The first-order valence-corrected chi connectivity index (χ1v) is 8.49. The standard InChI is InChI=1S/C18H27N3/c1-2-12-21-17-11-7-6-10-16(17)20-18(21)13-15(19)14-8-4-3-5-9-14/h6-7,10-11,14-15H,2-5,8-9,12-13,19H2,1H3. The van der Waals surface area contributed by atoms with E-state index in [0.717, 1.165) is 24.9 Å². The maximum Gasteiger partial charge on any atom is 0.111 e. The van der Waals surface area contributed by atoms with Gasteiger partial charge in [0.1, 0.15) is 5.82 Å². The highest BCUT2D eigenvalue weighted by Crippen LogP contribution is 2.27. The van der Waals surface area contributed by atoms with Crippen molar-refractivity contribution < 1.29 is 0 Å². The minimum Gasteiger partial charge on any atom is -0.328 e. The molecule has 0 spiro atoms. The van der Waals surface area contributed by atoms with E-state index in [1.807, 2.05) is 0 Å². The average Bonchev–Trinajstić information content (AvgIpc) is 2.86. The van der Waals surface area contributed by atoms with Crippen molar-refractivity contribution in [2.45, 2.75) is 64.5 Å². The zero-order valence-electron chi connectivity index (χ0n) is 13.1. The molecule has 21 heavy (non-hydrogen) atoms. The van der Waals surface area contributed by atoms with E-state index in [9.17, 15) is 0 Å². The van der Waals surface area contributed by atoms with Gasteiger partial charge in [-0.15, -0.1) is 0 Å². The third-order valence-electron chi connectivity index (χ3n) is 4.85. The van der Waals surface area contributed by atoms with E-state index < -0.39 is 0 Å². The third-order valence-corrected chi connectivity index (χ3v) is 4.85. The molecule has 1 fully saturated rings.